The maximum Gasteiger partial charge on any atom is 0.387 e. The van der Waals surface area contributed by atoms with Gasteiger partial charge in [0.25, 0.3) is 0 Å². The fourth-order valence-corrected chi connectivity index (χ4v) is 1.33. The molecule has 0 bridgehead atoms. The quantitative estimate of drug-likeness (QED) is 0.842. The second kappa shape index (κ2) is 3.42. The first-order valence-corrected chi connectivity index (χ1v) is 4.13. The van der Waals surface area contributed by atoms with Gasteiger partial charge in [0.2, 0.25) is 5.28 Å². The van der Waals surface area contributed by atoms with Gasteiger partial charge in [-0.25, -0.2) is 4.98 Å². The van der Waals surface area contributed by atoms with Crippen LogP contribution in [0.15, 0.2) is 18.2 Å². The van der Waals surface area contributed by atoms with E-state index in [0.717, 1.165) is 0 Å². The molecule has 0 aliphatic heterocycles. The lowest BCUT2D eigenvalue weighted by Crippen LogP contribution is -2.01. The number of fused-ring (bicyclic) bond motifs is 1. The Balaban J connectivity index is 2.40. The van der Waals surface area contributed by atoms with Crippen LogP contribution in [0, 0.1) is 0 Å². The van der Waals surface area contributed by atoms with Crippen molar-refractivity contribution in [2.45, 2.75) is 6.61 Å². The molecule has 2 rings (SSSR count). The number of nitrogens with zero attached hydrogens (tertiary/aromatic N) is 1. The minimum Gasteiger partial charge on any atom is -0.435 e. The molecule has 0 radical (unpaired) electrons. The Kier molecular flexibility index (Phi) is 2.25. The van der Waals surface area contributed by atoms with Crippen molar-refractivity contribution in [2.24, 2.45) is 0 Å². The molecule has 0 aliphatic carbocycles. The minimum atomic E-state index is -2.83. The zero-order valence-corrected chi connectivity index (χ0v) is 7.55. The summed E-state index contributed by atoms with van der Waals surface area (Å²) in [7, 11) is 0. The summed E-state index contributed by atoms with van der Waals surface area (Å²) in [6.07, 6.45) is 0. The molecule has 0 fully saturated rings. The Hall–Kier alpha value is -1.36. The van der Waals surface area contributed by atoms with Gasteiger partial charge in [0.1, 0.15) is 5.75 Å². The summed E-state index contributed by atoms with van der Waals surface area (Å²) in [6.45, 7) is -2.83. The van der Waals surface area contributed by atoms with E-state index in [9.17, 15) is 8.78 Å². The molecule has 1 N–H and O–H groups in total. The van der Waals surface area contributed by atoms with E-state index in [1.807, 2.05) is 0 Å². The Morgan fingerprint density at radius 2 is 2.21 bits per heavy atom. The first-order valence-electron chi connectivity index (χ1n) is 3.75. The van der Waals surface area contributed by atoms with Gasteiger partial charge in [-0.3, -0.25) is 0 Å². The van der Waals surface area contributed by atoms with Crippen LogP contribution in [0.3, 0.4) is 0 Å². The van der Waals surface area contributed by atoms with Crippen LogP contribution in [0.1, 0.15) is 0 Å². The van der Waals surface area contributed by atoms with Crippen LogP contribution < -0.4 is 4.74 Å². The Labute approximate surface area is 82.7 Å². The fraction of sp³-hybridized carbons (Fsp3) is 0.125. The summed E-state index contributed by atoms with van der Waals surface area (Å²) in [4.78, 5) is 6.60. The van der Waals surface area contributed by atoms with Crippen molar-refractivity contribution >= 4 is 22.6 Å². The van der Waals surface area contributed by atoms with Crippen LogP contribution in [-0.4, -0.2) is 16.6 Å². The van der Waals surface area contributed by atoms with Crippen LogP contribution in [0.25, 0.3) is 11.0 Å². The molecule has 2 aromatic rings. The molecule has 0 saturated carbocycles. The largest absolute Gasteiger partial charge is 0.435 e. The summed E-state index contributed by atoms with van der Waals surface area (Å²) < 4.78 is 27.9. The molecule has 0 atom stereocenters. The highest BCUT2D eigenvalue weighted by Gasteiger charge is 2.06. The van der Waals surface area contributed by atoms with E-state index in [2.05, 4.69) is 14.7 Å². The number of hydrogen-bond acceptors (Lipinski definition) is 2. The molecule has 0 amide bonds. The third kappa shape index (κ3) is 1.77. The van der Waals surface area contributed by atoms with Crippen molar-refractivity contribution in [3.8, 4) is 5.75 Å². The SMILES string of the molecule is FC(F)Oc1ccc2nc(Cl)[nH]c2c1. The second-order valence-electron chi connectivity index (χ2n) is 2.59. The number of nitrogens with one attached hydrogen (secondary N) is 1. The van der Waals surface area contributed by atoms with Crippen LogP contribution >= 0.6 is 11.6 Å². The van der Waals surface area contributed by atoms with Gasteiger partial charge in [0.15, 0.2) is 0 Å². The first kappa shape index (κ1) is 9.21. The number of imidazole rings is 1. The molecule has 6 heteroatoms. The van der Waals surface area contributed by atoms with Gasteiger partial charge in [-0.1, -0.05) is 0 Å². The molecule has 0 aliphatic rings. The number of benzene rings is 1. The summed E-state index contributed by atoms with van der Waals surface area (Å²) >= 11 is 5.59. The summed E-state index contributed by atoms with van der Waals surface area (Å²) in [5, 5.41) is 0.217. The average molecular weight is 219 g/mol. The van der Waals surface area contributed by atoms with Crippen LogP contribution in [-0.2, 0) is 0 Å². The molecular weight excluding hydrogens is 214 g/mol. The molecule has 1 aromatic heterocycles. The number of halogens is 3. The molecular formula is C8H5ClF2N2O. The van der Waals surface area contributed by atoms with Gasteiger partial charge in [-0.2, -0.15) is 8.78 Å². The van der Waals surface area contributed by atoms with E-state index < -0.39 is 6.61 Å². The van der Waals surface area contributed by atoms with Crippen molar-refractivity contribution < 1.29 is 13.5 Å². The number of aromatic nitrogens is 2. The molecule has 1 heterocycles. The van der Waals surface area contributed by atoms with Gasteiger partial charge in [-0.05, 0) is 23.7 Å². The van der Waals surface area contributed by atoms with Crippen LogP contribution in [0.5, 0.6) is 5.75 Å². The van der Waals surface area contributed by atoms with Gasteiger partial charge in [0.05, 0.1) is 11.0 Å². The maximum absolute atomic E-state index is 11.9. The van der Waals surface area contributed by atoms with E-state index in [0.29, 0.717) is 11.0 Å². The number of hydrogen-bond donors (Lipinski definition) is 1. The molecule has 0 spiro atoms. The average Bonchev–Trinajstić information content (AvgIpc) is 2.42. The van der Waals surface area contributed by atoms with Crippen molar-refractivity contribution in [3.05, 3.63) is 23.5 Å². The van der Waals surface area contributed by atoms with E-state index >= 15 is 0 Å². The lowest BCUT2D eigenvalue weighted by molar-refractivity contribution is -0.0497. The van der Waals surface area contributed by atoms with Gasteiger partial charge >= 0.3 is 6.61 Å². The predicted octanol–water partition coefficient (Wildman–Crippen LogP) is 2.82. The Morgan fingerprint density at radius 3 is 2.93 bits per heavy atom. The van der Waals surface area contributed by atoms with Crippen molar-refractivity contribution in [2.75, 3.05) is 0 Å². The number of alkyl halides is 2. The van der Waals surface area contributed by atoms with E-state index in [4.69, 9.17) is 11.6 Å². The fourth-order valence-electron chi connectivity index (χ4n) is 1.13. The topological polar surface area (TPSA) is 37.9 Å². The summed E-state index contributed by atoms with van der Waals surface area (Å²) in [5.74, 6) is 0.0767. The summed E-state index contributed by atoms with van der Waals surface area (Å²) in [5.41, 5.74) is 1.17. The van der Waals surface area contributed by atoms with E-state index in [1.165, 1.54) is 12.1 Å². The third-order valence-electron chi connectivity index (χ3n) is 1.65. The van der Waals surface area contributed by atoms with Crippen molar-refractivity contribution in [3.63, 3.8) is 0 Å². The molecule has 3 nitrogen and oxygen atoms in total. The zero-order chi connectivity index (χ0) is 10.1. The normalized spacial score (nSPS) is 11.1. The second-order valence-corrected chi connectivity index (χ2v) is 2.94. The molecule has 0 saturated heterocycles. The molecule has 1 aromatic carbocycles. The Morgan fingerprint density at radius 1 is 1.43 bits per heavy atom. The maximum atomic E-state index is 11.9. The third-order valence-corrected chi connectivity index (χ3v) is 1.83. The van der Waals surface area contributed by atoms with Gasteiger partial charge in [0, 0.05) is 6.07 Å². The lowest BCUT2D eigenvalue weighted by atomic mass is 10.3. The first-order chi connectivity index (χ1) is 6.65. The number of rotatable bonds is 2. The molecule has 14 heavy (non-hydrogen) atoms. The molecule has 0 unspecified atom stereocenters. The zero-order valence-electron chi connectivity index (χ0n) is 6.80. The summed E-state index contributed by atoms with van der Waals surface area (Å²) in [6, 6.07) is 4.38. The lowest BCUT2D eigenvalue weighted by Gasteiger charge is -2.02. The Bertz CT molecular complexity index is 458. The predicted molar refractivity (Wildman–Crippen MR) is 47.7 cm³/mol. The highest BCUT2D eigenvalue weighted by molar-refractivity contribution is 6.29. The van der Waals surface area contributed by atoms with Gasteiger partial charge < -0.3 is 9.72 Å². The molecule has 74 valence electrons. The standard InChI is InChI=1S/C8H5ClF2N2O/c9-7-12-5-2-1-4(14-8(10)11)3-6(5)13-7/h1-3,8H,(H,12,13). The van der Waals surface area contributed by atoms with Crippen LogP contribution in [0.2, 0.25) is 5.28 Å². The smallest absolute Gasteiger partial charge is 0.387 e. The van der Waals surface area contributed by atoms with Crippen molar-refractivity contribution in [1.29, 1.82) is 0 Å². The minimum absolute atomic E-state index is 0.0767. The number of aromatic amines is 1. The monoisotopic (exact) mass is 218 g/mol. The van der Waals surface area contributed by atoms with E-state index in [1.54, 1.807) is 6.07 Å². The van der Waals surface area contributed by atoms with Crippen LogP contribution in [0.4, 0.5) is 8.78 Å². The number of ether oxygens (including phenoxy) is 1. The van der Waals surface area contributed by atoms with Gasteiger partial charge in [-0.15, -0.1) is 0 Å². The highest BCUT2D eigenvalue weighted by atomic mass is 35.5. The van der Waals surface area contributed by atoms with E-state index in [-0.39, 0.29) is 11.0 Å². The highest BCUT2D eigenvalue weighted by Crippen LogP contribution is 2.21. The van der Waals surface area contributed by atoms with Crippen molar-refractivity contribution in [1.82, 2.24) is 9.97 Å². The number of H-pyrrole nitrogens is 1.